The Labute approximate surface area is 142 Å². The molecule has 0 radical (unpaired) electrons. The van der Waals surface area contributed by atoms with Gasteiger partial charge in [-0.3, -0.25) is 4.79 Å². The number of hydrogen-bond donors (Lipinski definition) is 0. The summed E-state index contributed by atoms with van der Waals surface area (Å²) in [6, 6.07) is 17.4. The minimum Gasteiger partial charge on any atom is -0.489 e. The summed E-state index contributed by atoms with van der Waals surface area (Å²) in [4.78, 5) is 14.5. The van der Waals surface area contributed by atoms with Crippen LogP contribution < -0.4 is 4.74 Å². The van der Waals surface area contributed by atoms with Crippen molar-refractivity contribution in [3.8, 4) is 5.75 Å². The van der Waals surface area contributed by atoms with E-state index in [1.54, 1.807) is 0 Å². The maximum Gasteiger partial charge on any atom is 0.182 e. The van der Waals surface area contributed by atoms with Gasteiger partial charge in [-0.2, -0.15) is 0 Å². The number of rotatable bonds is 6. The Morgan fingerprint density at radius 2 is 1.96 bits per heavy atom. The van der Waals surface area contributed by atoms with E-state index in [0.717, 1.165) is 17.9 Å². The first kappa shape index (κ1) is 16.1. The molecule has 0 spiro atoms. The summed E-state index contributed by atoms with van der Waals surface area (Å²) in [5.74, 6) is 0.814. The van der Waals surface area contributed by atoms with E-state index in [0.29, 0.717) is 18.7 Å². The molecule has 0 aromatic heterocycles. The van der Waals surface area contributed by atoms with Gasteiger partial charge in [-0.1, -0.05) is 54.1 Å². The highest BCUT2D eigenvalue weighted by Crippen LogP contribution is 2.17. The predicted molar refractivity (Wildman–Crippen MR) is 96.0 cm³/mol. The van der Waals surface area contributed by atoms with Crippen LogP contribution in [0.3, 0.4) is 0 Å². The van der Waals surface area contributed by atoms with Crippen molar-refractivity contribution in [1.82, 2.24) is 4.90 Å². The lowest BCUT2D eigenvalue weighted by Gasteiger charge is -2.22. The van der Waals surface area contributed by atoms with E-state index in [9.17, 15) is 4.79 Å². The lowest BCUT2D eigenvalue weighted by atomic mass is 10.1. The number of carbonyl (C=O) groups is 1. The molecule has 0 fully saturated rings. The van der Waals surface area contributed by atoms with Crippen molar-refractivity contribution in [1.29, 1.82) is 0 Å². The minimum atomic E-state index is 0.0968. The second-order valence-electron chi connectivity index (χ2n) is 5.98. The second kappa shape index (κ2) is 7.64. The maximum atomic E-state index is 12.5. The SMILES string of the molecule is CC1=CC=CN(CC(=O)c2cccc(OCc3ccccc3)c2)C1. The quantitative estimate of drug-likeness (QED) is 0.747. The van der Waals surface area contributed by atoms with Gasteiger partial charge in [0.1, 0.15) is 12.4 Å². The average Bonchev–Trinajstić information content (AvgIpc) is 2.61. The molecule has 0 saturated carbocycles. The highest BCUT2D eigenvalue weighted by atomic mass is 16.5. The number of benzene rings is 2. The fourth-order valence-corrected chi connectivity index (χ4v) is 2.64. The van der Waals surface area contributed by atoms with E-state index in [1.165, 1.54) is 5.57 Å². The third-order valence-electron chi connectivity index (χ3n) is 3.88. The molecule has 3 heteroatoms. The Kier molecular flexibility index (Phi) is 5.12. The summed E-state index contributed by atoms with van der Waals surface area (Å²) in [6.45, 7) is 3.74. The first-order valence-electron chi connectivity index (χ1n) is 8.09. The van der Waals surface area contributed by atoms with Gasteiger partial charge in [-0.25, -0.2) is 0 Å². The van der Waals surface area contributed by atoms with Crippen LogP contribution in [0, 0.1) is 0 Å². The van der Waals surface area contributed by atoms with Crippen LogP contribution in [-0.4, -0.2) is 23.8 Å². The average molecular weight is 319 g/mol. The number of hydrogen-bond acceptors (Lipinski definition) is 3. The molecule has 0 atom stereocenters. The molecule has 0 unspecified atom stereocenters. The Morgan fingerprint density at radius 1 is 1.12 bits per heavy atom. The number of carbonyl (C=O) groups excluding carboxylic acids is 1. The molecule has 3 rings (SSSR count). The van der Waals surface area contributed by atoms with Crippen LogP contribution in [0.4, 0.5) is 0 Å². The summed E-state index contributed by atoms with van der Waals surface area (Å²) in [5.41, 5.74) is 3.04. The topological polar surface area (TPSA) is 29.5 Å². The number of ketones is 1. The van der Waals surface area contributed by atoms with Crippen molar-refractivity contribution < 1.29 is 9.53 Å². The molecule has 2 aromatic rings. The van der Waals surface area contributed by atoms with Gasteiger partial charge in [0.25, 0.3) is 0 Å². The lowest BCUT2D eigenvalue weighted by Crippen LogP contribution is -2.27. The van der Waals surface area contributed by atoms with Crippen LogP contribution in [0.5, 0.6) is 5.75 Å². The molecule has 1 aliphatic rings. The largest absolute Gasteiger partial charge is 0.489 e. The summed E-state index contributed by atoms with van der Waals surface area (Å²) < 4.78 is 5.80. The molecule has 1 aliphatic heterocycles. The van der Waals surface area contributed by atoms with E-state index in [4.69, 9.17) is 4.74 Å². The smallest absolute Gasteiger partial charge is 0.182 e. The van der Waals surface area contributed by atoms with Gasteiger partial charge >= 0.3 is 0 Å². The van der Waals surface area contributed by atoms with E-state index in [-0.39, 0.29) is 5.78 Å². The molecule has 24 heavy (non-hydrogen) atoms. The van der Waals surface area contributed by atoms with Gasteiger partial charge in [0, 0.05) is 12.1 Å². The van der Waals surface area contributed by atoms with E-state index < -0.39 is 0 Å². The number of Topliss-reactive ketones (excluding diaryl/α,β-unsaturated/α-hetero) is 1. The van der Waals surface area contributed by atoms with Gasteiger partial charge in [0.15, 0.2) is 5.78 Å². The third-order valence-corrected chi connectivity index (χ3v) is 3.88. The summed E-state index contributed by atoms with van der Waals surface area (Å²) >= 11 is 0. The van der Waals surface area contributed by atoms with Gasteiger partial charge in [-0.15, -0.1) is 0 Å². The van der Waals surface area contributed by atoms with Crippen molar-refractivity contribution in [2.45, 2.75) is 13.5 Å². The van der Waals surface area contributed by atoms with Crippen LogP contribution in [0.15, 0.2) is 78.5 Å². The zero-order valence-electron chi connectivity index (χ0n) is 13.8. The van der Waals surface area contributed by atoms with Crippen LogP contribution in [-0.2, 0) is 6.61 Å². The van der Waals surface area contributed by atoms with Gasteiger partial charge < -0.3 is 9.64 Å². The molecule has 2 aromatic carbocycles. The van der Waals surface area contributed by atoms with Gasteiger partial charge in [0.05, 0.1) is 6.54 Å². The first-order chi connectivity index (χ1) is 11.7. The van der Waals surface area contributed by atoms with Crippen molar-refractivity contribution in [3.63, 3.8) is 0 Å². The first-order valence-corrected chi connectivity index (χ1v) is 8.09. The van der Waals surface area contributed by atoms with Gasteiger partial charge in [-0.05, 0) is 36.9 Å². The lowest BCUT2D eigenvalue weighted by molar-refractivity contribution is 0.0958. The van der Waals surface area contributed by atoms with Crippen LogP contribution in [0.1, 0.15) is 22.8 Å². The Hall–Kier alpha value is -2.81. The zero-order valence-corrected chi connectivity index (χ0v) is 13.8. The molecule has 0 N–H and O–H groups in total. The Morgan fingerprint density at radius 3 is 2.75 bits per heavy atom. The number of ether oxygens (including phenoxy) is 1. The van der Waals surface area contributed by atoms with Crippen molar-refractivity contribution in [2.75, 3.05) is 13.1 Å². The fraction of sp³-hybridized carbons (Fsp3) is 0.190. The summed E-state index contributed by atoms with van der Waals surface area (Å²) in [7, 11) is 0. The summed E-state index contributed by atoms with van der Waals surface area (Å²) in [6.07, 6.45) is 6.01. The van der Waals surface area contributed by atoms with Crippen molar-refractivity contribution in [3.05, 3.63) is 89.6 Å². The van der Waals surface area contributed by atoms with Crippen LogP contribution in [0.2, 0.25) is 0 Å². The molecular formula is C21H21NO2. The number of allylic oxidation sites excluding steroid dienone is 2. The fourth-order valence-electron chi connectivity index (χ4n) is 2.64. The third kappa shape index (κ3) is 4.35. The van der Waals surface area contributed by atoms with E-state index in [1.807, 2.05) is 71.8 Å². The molecule has 3 nitrogen and oxygen atoms in total. The standard InChI is InChI=1S/C21H21NO2/c1-17-7-6-12-22(14-17)15-21(23)19-10-5-11-20(13-19)24-16-18-8-3-2-4-9-18/h2-13H,14-16H2,1H3. The highest BCUT2D eigenvalue weighted by molar-refractivity contribution is 5.98. The normalized spacial score (nSPS) is 13.5. The molecule has 0 amide bonds. The van der Waals surface area contributed by atoms with Crippen molar-refractivity contribution >= 4 is 5.78 Å². The second-order valence-corrected chi connectivity index (χ2v) is 5.98. The predicted octanol–water partition coefficient (Wildman–Crippen LogP) is 4.22. The molecule has 122 valence electrons. The molecule has 0 bridgehead atoms. The van der Waals surface area contributed by atoms with E-state index >= 15 is 0 Å². The number of nitrogens with zero attached hydrogens (tertiary/aromatic N) is 1. The zero-order chi connectivity index (χ0) is 16.8. The Bertz CT molecular complexity index is 762. The monoisotopic (exact) mass is 319 g/mol. The Balaban J connectivity index is 1.61. The van der Waals surface area contributed by atoms with Crippen LogP contribution >= 0.6 is 0 Å². The van der Waals surface area contributed by atoms with Crippen molar-refractivity contribution in [2.24, 2.45) is 0 Å². The summed E-state index contributed by atoms with van der Waals surface area (Å²) in [5, 5.41) is 0. The molecular weight excluding hydrogens is 298 g/mol. The minimum absolute atomic E-state index is 0.0968. The van der Waals surface area contributed by atoms with Gasteiger partial charge in [0.2, 0.25) is 0 Å². The maximum absolute atomic E-state index is 12.5. The van der Waals surface area contributed by atoms with E-state index in [2.05, 4.69) is 13.0 Å². The molecule has 1 heterocycles. The highest BCUT2D eigenvalue weighted by Gasteiger charge is 2.12. The molecule has 0 saturated heterocycles. The molecule has 0 aliphatic carbocycles. The van der Waals surface area contributed by atoms with Crippen LogP contribution in [0.25, 0.3) is 0 Å².